The first-order chi connectivity index (χ1) is 9.78. The van der Waals surface area contributed by atoms with Crippen LogP contribution in [0.25, 0.3) is 0 Å². The van der Waals surface area contributed by atoms with Gasteiger partial charge in [-0.2, -0.15) is 0 Å². The Kier molecular flexibility index (Phi) is 3.77. The van der Waals surface area contributed by atoms with Crippen LogP contribution < -0.4 is 5.32 Å². The molecule has 3 saturated heterocycles. The zero-order valence-corrected chi connectivity index (χ0v) is 13.3. The van der Waals surface area contributed by atoms with Crippen LogP contribution in [0.2, 0.25) is 0 Å². The van der Waals surface area contributed by atoms with Crippen LogP contribution in [0.3, 0.4) is 0 Å². The number of sulfonamides is 1. The van der Waals surface area contributed by atoms with Gasteiger partial charge in [0.15, 0.2) is 9.84 Å². The minimum atomic E-state index is -3.56. The molecule has 0 spiro atoms. The topological polar surface area (TPSA) is 101 Å². The van der Waals surface area contributed by atoms with Gasteiger partial charge in [-0.05, 0) is 25.2 Å². The van der Waals surface area contributed by atoms with Gasteiger partial charge >= 0.3 is 0 Å². The number of hydrogen-bond acceptors (Lipinski definition) is 5. The van der Waals surface area contributed by atoms with Crippen LogP contribution in [0.15, 0.2) is 0 Å². The van der Waals surface area contributed by atoms with E-state index in [-0.39, 0.29) is 35.8 Å². The van der Waals surface area contributed by atoms with Gasteiger partial charge in [0.05, 0.1) is 16.8 Å². The van der Waals surface area contributed by atoms with Crippen molar-refractivity contribution in [2.75, 3.05) is 24.6 Å². The lowest BCUT2D eigenvalue weighted by Crippen LogP contribution is -2.56. The molecule has 0 radical (unpaired) electrons. The number of carbonyl (C=O) groups excluding carboxylic acids is 1. The Morgan fingerprint density at radius 2 is 1.95 bits per heavy atom. The first kappa shape index (κ1) is 15.2. The number of nitrogens with one attached hydrogen (secondary N) is 1. The molecule has 120 valence electrons. The van der Waals surface area contributed by atoms with Crippen molar-refractivity contribution in [1.82, 2.24) is 9.62 Å². The second kappa shape index (κ2) is 5.20. The van der Waals surface area contributed by atoms with E-state index in [4.69, 9.17) is 0 Å². The zero-order chi connectivity index (χ0) is 15.3. The molecule has 0 saturated carbocycles. The number of amides is 1. The smallest absolute Gasteiger partial charge is 0.220 e. The summed E-state index contributed by atoms with van der Waals surface area (Å²) >= 11 is 0. The standard InChI is InChI=1S/C12H20N2O5S2/c15-12-2-1-9-7-14(5-3-11(9)13-12)21(18,19)10-4-6-20(16,17)8-10/h9-11H,1-8H2,(H,13,15). The third-order valence-corrected chi connectivity index (χ3v) is 9.03. The Hall–Kier alpha value is -0.670. The minimum absolute atomic E-state index is 0.0349. The molecule has 1 N–H and O–H groups in total. The number of piperidine rings is 2. The number of sulfone groups is 1. The van der Waals surface area contributed by atoms with Crippen molar-refractivity contribution in [2.24, 2.45) is 5.92 Å². The Labute approximate surface area is 125 Å². The lowest BCUT2D eigenvalue weighted by molar-refractivity contribution is -0.124. The van der Waals surface area contributed by atoms with E-state index in [1.807, 2.05) is 0 Å². The molecule has 1 amide bonds. The number of carbonyl (C=O) groups is 1. The van der Waals surface area contributed by atoms with Gasteiger partial charge in [0.25, 0.3) is 0 Å². The van der Waals surface area contributed by atoms with E-state index in [0.29, 0.717) is 32.4 Å². The molecule has 0 aromatic carbocycles. The summed E-state index contributed by atoms with van der Waals surface area (Å²) in [5.74, 6) is -0.109. The van der Waals surface area contributed by atoms with Gasteiger partial charge in [-0.1, -0.05) is 0 Å². The third kappa shape index (κ3) is 2.95. The summed E-state index contributed by atoms with van der Waals surface area (Å²) in [5, 5.41) is 2.12. The third-order valence-electron chi connectivity index (χ3n) is 4.76. The summed E-state index contributed by atoms with van der Waals surface area (Å²) in [6.07, 6.45) is 1.94. The van der Waals surface area contributed by atoms with E-state index in [0.717, 1.165) is 0 Å². The number of rotatable bonds is 2. The van der Waals surface area contributed by atoms with Crippen LogP contribution in [-0.4, -0.2) is 62.9 Å². The van der Waals surface area contributed by atoms with Gasteiger partial charge in [-0.3, -0.25) is 4.79 Å². The Morgan fingerprint density at radius 3 is 2.62 bits per heavy atom. The summed E-state index contributed by atoms with van der Waals surface area (Å²) in [6.45, 7) is 0.754. The van der Waals surface area contributed by atoms with E-state index in [1.54, 1.807) is 0 Å². The van der Waals surface area contributed by atoms with Crippen LogP contribution in [0.4, 0.5) is 0 Å². The molecule has 7 nitrogen and oxygen atoms in total. The average Bonchev–Trinajstić information content (AvgIpc) is 2.79. The van der Waals surface area contributed by atoms with Crippen molar-refractivity contribution in [3.63, 3.8) is 0 Å². The molecule has 3 aliphatic heterocycles. The van der Waals surface area contributed by atoms with Gasteiger partial charge in [0.1, 0.15) is 0 Å². The molecule has 0 aromatic rings. The Balaban J connectivity index is 1.71. The predicted molar refractivity (Wildman–Crippen MR) is 76.8 cm³/mol. The molecule has 3 unspecified atom stereocenters. The van der Waals surface area contributed by atoms with Crippen LogP contribution >= 0.6 is 0 Å². The van der Waals surface area contributed by atoms with Gasteiger partial charge in [0, 0.05) is 25.6 Å². The Bertz CT molecular complexity index is 643. The van der Waals surface area contributed by atoms with Crippen LogP contribution in [0.1, 0.15) is 25.7 Å². The average molecular weight is 336 g/mol. The molecule has 9 heteroatoms. The molecule has 0 bridgehead atoms. The van der Waals surface area contributed by atoms with Crippen molar-refractivity contribution in [3.05, 3.63) is 0 Å². The van der Waals surface area contributed by atoms with Gasteiger partial charge in [-0.25, -0.2) is 21.1 Å². The maximum atomic E-state index is 12.6. The first-order valence-electron chi connectivity index (χ1n) is 7.27. The van der Waals surface area contributed by atoms with E-state index in [9.17, 15) is 21.6 Å². The predicted octanol–water partition coefficient (Wildman–Crippen LogP) is -0.896. The van der Waals surface area contributed by atoms with Gasteiger partial charge in [0.2, 0.25) is 15.9 Å². The highest BCUT2D eigenvalue weighted by Gasteiger charge is 2.44. The number of nitrogens with zero attached hydrogens (tertiary/aromatic N) is 1. The van der Waals surface area contributed by atoms with E-state index < -0.39 is 25.1 Å². The first-order valence-corrected chi connectivity index (χ1v) is 10.6. The second-order valence-electron chi connectivity index (χ2n) is 6.19. The lowest BCUT2D eigenvalue weighted by atomic mass is 9.86. The molecule has 3 rings (SSSR count). The number of hydrogen-bond donors (Lipinski definition) is 1. The summed E-state index contributed by atoms with van der Waals surface area (Å²) in [4.78, 5) is 11.4. The summed E-state index contributed by atoms with van der Waals surface area (Å²) in [6, 6.07) is 0.0602. The molecule has 3 atom stereocenters. The highest BCUT2D eigenvalue weighted by molar-refractivity contribution is 7.95. The Morgan fingerprint density at radius 1 is 1.19 bits per heavy atom. The fourth-order valence-corrected chi connectivity index (χ4v) is 8.11. The SMILES string of the molecule is O=C1CCC2CN(S(=O)(=O)C3CCS(=O)(=O)C3)CCC2N1. The zero-order valence-electron chi connectivity index (χ0n) is 11.7. The minimum Gasteiger partial charge on any atom is -0.353 e. The normalized spacial score (nSPS) is 37.0. The summed E-state index contributed by atoms with van der Waals surface area (Å²) in [5.41, 5.74) is 0. The molecule has 3 fully saturated rings. The highest BCUT2D eigenvalue weighted by atomic mass is 32.2. The van der Waals surface area contributed by atoms with Crippen molar-refractivity contribution in [1.29, 1.82) is 0 Å². The van der Waals surface area contributed by atoms with Crippen LogP contribution in [0, 0.1) is 5.92 Å². The molecular formula is C12H20N2O5S2. The molecule has 3 aliphatic rings. The maximum absolute atomic E-state index is 12.6. The summed E-state index contributed by atoms with van der Waals surface area (Å²) < 4.78 is 49.6. The molecule has 0 aliphatic carbocycles. The molecule has 3 heterocycles. The molecule has 21 heavy (non-hydrogen) atoms. The second-order valence-corrected chi connectivity index (χ2v) is 10.6. The molecular weight excluding hydrogens is 316 g/mol. The molecule has 0 aromatic heterocycles. The van der Waals surface area contributed by atoms with Crippen molar-refractivity contribution in [2.45, 2.75) is 37.0 Å². The van der Waals surface area contributed by atoms with E-state index in [2.05, 4.69) is 5.32 Å². The quantitative estimate of drug-likeness (QED) is 0.704. The van der Waals surface area contributed by atoms with Crippen molar-refractivity contribution >= 4 is 25.8 Å². The van der Waals surface area contributed by atoms with Crippen LogP contribution in [0.5, 0.6) is 0 Å². The fourth-order valence-electron chi connectivity index (χ4n) is 3.51. The van der Waals surface area contributed by atoms with Crippen molar-refractivity contribution in [3.8, 4) is 0 Å². The van der Waals surface area contributed by atoms with E-state index >= 15 is 0 Å². The van der Waals surface area contributed by atoms with Gasteiger partial charge in [-0.15, -0.1) is 0 Å². The van der Waals surface area contributed by atoms with Crippen molar-refractivity contribution < 1.29 is 21.6 Å². The summed E-state index contributed by atoms with van der Waals surface area (Å²) in [7, 11) is -6.77. The van der Waals surface area contributed by atoms with Crippen LogP contribution in [-0.2, 0) is 24.7 Å². The maximum Gasteiger partial charge on any atom is 0.220 e. The largest absolute Gasteiger partial charge is 0.353 e. The highest BCUT2D eigenvalue weighted by Crippen LogP contribution is 2.30. The van der Waals surface area contributed by atoms with Gasteiger partial charge < -0.3 is 5.32 Å². The fraction of sp³-hybridized carbons (Fsp3) is 0.917. The monoisotopic (exact) mass is 336 g/mol. The number of fused-ring (bicyclic) bond motifs is 1. The van der Waals surface area contributed by atoms with E-state index in [1.165, 1.54) is 4.31 Å². The lowest BCUT2D eigenvalue weighted by Gasteiger charge is -2.41.